The zero-order chi connectivity index (χ0) is 19.3. The van der Waals surface area contributed by atoms with E-state index in [0.29, 0.717) is 17.4 Å². The van der Waals surface area contributed by atoms with Crippen molar-refractivity contribution in [2.45, 2.75) is 44.6 Å². The molecule has 28 heavy (non-hydrogen) atoms. The van der Waals surface area contributed by atoms with Gasteiger partial charge < -0.3 is 9.64 Å². The minimum atomic E-state index is 0.0870. The summed E-state index contributed by atoms with van der Waals surface area (Å²) in [6.45, 7) is 5.76. The van der Waals surface area contributed by atoms with Gasteiger partial charge in [0.25, 0.3) is 5.91 Å². The van der Waals surface area contributed by atoms with E-state index >= 15 is 0 Å². The lowest BCUT2D eigenvalue weighted by Gasteiger charge is -2.32. The molecule has 0 spiro atoms. The van der Waals surface area contributed by atoms with Gasteiger partial charge in [0.2, 0.25) is 0 Å². The van der Waals surface area contributed by atoms with Crippen molar-refractivity contribution in [3.63, 3.8) is 0 Å². The van der Waals surface area contributed by atoms with E-state index in [2.05, 4.69) is 38.1 Å². The van der Waals surface area contributed by atoms with Gasteiger partial charge in [0.15, 0.2) is 0 Å². The molecule has 0 saturated carbocycles. The van der Waals surface area contributed by atoms with Crippen LogP contribution in [-0.4, -0.2) is 35.0 Å². The van der Waals surface area contributed by atoms with Crippen LogP contribution in [0.25, 0.3) is 10.2 Å². The zero-order valence-electron chi connectivity index (χ0n) is 16.2. The maximum absolute atomic E-state index is 13.4. The van der Waals surface area contributed by atoms with Crippen LogP contribution in [-0.2, 0) is 0 Å². The van der Waals surface area contributed by atoms with Crippen LogP contribution in [0.15, 0.2) is 42.5 Å². The first-order valence-electron chi connectivity index (χ1n) is 10.1. The highest BCUT2D eigenvalue weighted by atomic mass is 32.1. The lowest BCUT2D eigenvalue weighted by molar-refractivity contribution is 0.0702. The highest BCUT2D eigenvalue weighted by Gasteiger charge is 2.34. The topological polar surface area (TPSA) is 42.4 Å². The fraction of sp³-hybridized carbons (Fsp3) is 0.391. The molecular weight excluding hydrogens is 368 g/mol. The van der Waals surface area contributed by atoms with Gasteiger partial charge in [-0.3, -0.25) is 4.79 Å². The van der Waals surface area contributed by atoms with E-state index < -0.39 is 0 Å². The molecule has 3 heterocycles. The lowest BCUT2D eigenvalue weighted by Crippen LogP contribution is -2.39. The highest BCUT2D eigenvalue weighted by Crippen LogP contribution is 2.41. The summed E-state index contributed by atoms with van der Waals surface area (Å²) in [5.74, 6) is 1.50. The van der Waals surface area contributed by atoms with Crippen LogP contribution in [0.3, 0.4) is 0 Å². The Kier molecular flexibility index (Phi) is 4.35. The van der Waals surface area contributed by atoms with E-state index in [-0.39, 0.29) is 12.0 Å². The minimum absolute atomic E-state index is 0.0870. The number of nitrogens with zero attached hydrogens (tertiary/aromatic N) is 2. The summed E-state index contributed by atoms with van der Waals surface area (Å²) < 4.78 is 7.28. The number of hydrogen-bond donors (Lipinski definition) is 0. The summed E-state index contributed by atoms with van der Waals surface area (Å²) in [5.41, 5.74) is 2.92. The third kappa shape index (κ3) is 2.89. The number of carbonyl (C=O) groups excluding carboxylic acids is 1. The molecule has 0 bridgehead atoms. The quantitative estimate of drug-likeness (QED) is 0.602. The Balaban J connectivity index is 1.41. The third-order valence-corrected chi connectivity index (χ3v) is 7.34. The number of carbonyl (C=O) groups is 1. The molecule has 1 saturated heterocycles. The summed E-state index contributed by atoms with van der Waals surface area (Å²) >= 11 is 1.76. The molecule has 0 radical (unpaired) electrons. The Hall–Kier alpha value is -2.40. The molecule has 3 unspecified atom stereocenters. The van der Waals surface area contributed by atoms with Gasteiger partial charge in [-0.2, -0.15) is 0 Å². The number of thiazole rings is 1. The number of hydrogen-bond acceptors (Lipinski definition) is 4. The van der Waals surface area contributed by atoms with Crippen LogP contribution >= 0.6 is 11.3 Å². The van der Waals surface area contributed by atoms with Gasteiger partial charge in [-0.15, -0.1) is 11.3 Å². The van der Waals surface area contributed by atoms with Crippen LogP contribution in [0.2, 0.25) is 0 Å². The normalized spacial score (nSPS) is 24.2. The molecule has 2 aliphatic rings. The van der Waals surface area contributed by atoms with E-state index in [4.69, 9.17) is 9.72 Å². The van der Waals surface area contributed by atoms with Gasteiger partial charge in [0, 0.05) is 30.5 Å². The number of aromatic nitrogens is 1. The molecule has 5 rings (SSSR count). The average Bonchev–Trinajstić information content (AvgIpc) is 3.29. The third-order valence-electron chi connectivity index (χ3n) is 6.14. The number of piperidine rings is 1. The van der Waals surface area contributed by atoms with Gasteiger partial charge in [-0.05, 0) is 38.0 Å². The number of ether oxygens (including phenoxy) is 1. The Morgan fingerprint density at radius 1 is 1.18 bits per heavy atom. The highest BCUT2D eigenvalue weighted by molar-refractivity contribution is 7.18. The molecular formula is C23H24N2O2S. The van der Waals surface area contributed by atoms with Crippen molar-refractivity contribution in [3.8, 4) is 5.75 Å². The number of amides is 1. The molecule has 1 aromatic heterocycles. The maximum Gasteiger partial charge on any atom is 0.257 e. The average molecular weight is 393 g/mol. The van der Waals surface area contributed by atoms with E-state index in [1.807, 2.05) is 23.1 Å². The number of likely N-dealkylation sites (tertiary alicyclic amines) is 1. The minimum Gasteiger partial charge on any atom is -0.489 e. The molecule has 2 aromatic carbocycles. The van der Waals surface area contributed by atoms with Gasteiger partial charge >= 0.3 is 0 Å². The molecule has 3 atom stereocenters. The van der Waals surface area contributed by atoms with Crippen LogP contribution in [0.5, 0.6) is 5.75 Å². The monoisotopic (exact) mass is 392 g/mol. The Labute approximate surface area is 169 Å². The first-order chi connectivity index (χ1) is 13.6. The van der Waals surface area contributed by atoms with Crippen LogP contribution in [0.1, 0.15) is 59.5 Å². The fourth-order valence-electron chi connectivity index (χ4n) is 4.35. The van der Waals surface area contributed by atoms with Crippen molar-refractivity contribution in [2.24, 2.45) is 0 Å². The largest absolute Gasteiger partial charge is 0.489 e. The number of fused-ring (bicyclic) bond motifs is 2. The first kappa shape index (κ1) is 17.7. The second-order valence-corrected chi connectivity index (χ2v) is 9.01. The number of rotatable bonds is 2. The maximum atomic E-state index is 13.4. The van der Waals surface area contributed by atoms with Crippen LogP contribution in [0, 0.1) is 0 Å². The Morgan fingerprint density at radius 3 is 2.89 bits per heavy atom. The zero-order valence-corrected chi connectivity index (χ0v) is 17.0. The predicted molar refractivity (Wildman–Crippen MR) is 112 cm³/mol. The summed E-state index contributed by atoms with van der Waals surface area (Å²) in [5, 5.41) is 1.15. The van der Waals surface area contributed by atoms with E-state index in [1.54, 1.807) is 11.3 Å². The van der Waals surface area contributed by atoms with Crippen molar-refractivity contribution in [3.05, 3.63) is 58.6 Å². The SMILES string of the molecule is CC1Oc2c(C(=O)N3CCCC(c4nc5ccccc5s4)C3)cccc2C1C. The van der Waals surface area contributed by atoms with Crippen LogP contribution in [0.4, 0.5) is 0 Å². The molecule has 0 N–H and O–H groups in total. The second kappa shape index (κ2) is 6.89. The standard InChI is InChI=1S/C23H24N2O2S/c1-14-15(2)27-21-17(14)8-5-9-18(21)23(26)25-12-6-7-16(13-25)22-24-19-10-3-4-11-20(19)28-22/h3-5,8-11,14-16H,6-7,12-13H2,1-2H3. The number of para-hydroxylation sites is 2. The second-order valence-electron chi connectivity index (χ2n) is 7.95. The smallest absolute Gasteiger partial charge is 0.257 e. The summed E-state index contributed by atoms with van der Waals surface area (Å²) in [7, 11) is 0. The first-order valence-corrected chi connectivity index (χ1v) is 10.9. The van der Waals surface area contributed by atoms with E-state index in [1.165, 1.54) is 4.70 Å². The van der Waals surface area contributed by atoms with Crippen molar-refractivity contribution < 1.29 is 9.53 Å². The van der Waals surface area contributed by atoms with Crippen molar-refractivity contribution in [1.82, 2.24) is 9.88 Å². The summed E-state index contributed by atoms with van der Waals surface area (Å²) in [4.78, 5) is 20.2. The molecule has 4 nitrogen and oxygen atoms in total. The molecule has 5 heteroatoms. The van der Waals surface area contributed by atoms with Gasteiger partial charge in [0.05, 0.1) is 20.8 Å². The van der Waals surface area contributed by atoms with Gasteiger partial charge in [0.1, 0.15) is 11.9 Å². The van der Waals surface area contributed by atoms with Crippen molar-refractivity contribution in [2.75, 3.05) is 13.1 Å². The molecule has 0 aliphatic carbocycles. The summed E-state index contributed by atoms with van der Waals surface area (Å²) in [6, 6.07) is 14.2. The van der Waals surface area contributed by atoms with Gasteiger partial charge in [-0.1, -0.05) is 31.2 Å². The van der Waals surface area contributed by atoms with Crippen molar-refractivity contribution in [1.29, 1.82) is 0 Å². The molecule has 3 aromatic rings. The van der Waals surface area contributed by atoms with Crippen molar-refractivity contribution >= 4 is 27.5 Å². The fourth-order valence-corrected chi connectivity index (χ4v) is 5.45. The Morgan fingerprint density at radius 2 is 2.04 bits per heavy atom. The van der Waals surface area contributed by atoms with Crippen LogP contribution < -0.4 is 4.74 Å². The summed E-state index contributed by atoms with van der Waals surface area (Å²) in [6.07, 6.45) is 2.21. The number of benzene rings is 2. The van der Waals surface area contributed by atoms with E-state index in [0.717, 1.165) is 47.8 Å². The Bertz CT molecular complexity index is 1010. The predicted octanol–water partition coefficient (Wildman–Crippen LogP) is 5.20. The molecule has 144 valence electrons. The van der Waals surface area contributed by atoms with E-state index in [9.17, 15) is 4.79 Å². The molecule has 1 amide bonds. The molecule has 2 aliphatic heterocycles. The lowest BCUT2D eigenvalue weighted by atomic mass is 9.95. The molecule has 1 fully saturated rings. The van der Waals surface area contributed by atoms with Gasteiger partial charge in [-0.25, -0.2) is 4.98 Å².